The zero-order valence-corrected chi connectivity index (χ0v) is 12.3. The highest BCUT2D eigenvalue weighted by atomic mass is 16.5. The maximum absolute atomic E-state index is 12.7. The van der Waals surface area contributed by atoms with Crippen LogP contribution >= 0.6 is 0 Å². The summed E-state index contributed by atoms with van der Waals surface area (Å²) in [5.74, 6) is 0.722. The van der Waals surface area contributed by atoms with Crippen molar-refractivity contribution in [2.24, 2.45) is 0 Å². The second-order valence-electron chi connectivity index (χ2n) is 5.05. The van der Waals surface area contributed by atoms with E-state index in [0.717, 1.165) is 6.42 Å². The molecule has 1 aliphatic heterocycles. The molecule has 112 valence electrons. The second-order valence-corrected chi connectivity index (χ2v) is 5.05. The molecule has 0 bridgehead atoms. The van der Waals surface area contributed by atoms with E-state index in [0.29, 0.717) is 29.4 Å². The van der Waals surface area contributed by atoms with E-state index in [1.54, 1.807) is 35.4 Å². The van der Waals surface area contributed by atoms with Crippen molar-refractivity contribution in [3.05, 3.63) is 54.0 Å². The number of rotatable bonds is 3. The zero-order valence-electron chi connectivity index (χ0n) is 12.3. The van der Waals surface area contributed by atoms with Crippen LogP contribution in [0.2, 0.25) is 0 Å². The molecular formula is C17H17N3O2. The minimum atomic E-state index is -0.175. The second kappa shape index (κ2) is 5.89. The molecule has 1 aromatic heterocycles. The first-order valence-electron chi connectivity index (χ1n) is 7.21. The molecule has 0 spiro atoms. The van der Waals surface area contributed by atoms with Gasteiger partial charge in [0, 0.05) is 24.5 Å². The molecule has 5 nitrogen and oxygen atoms in total. The lowest BCUT2D eigenvalue weighted by Crippen LogP contribution is -2.37. The van der Waals surface area contributed by atoms with Crippen LogP contribution in [0.5, 0.6) is 5.75 Å². The Balaban J connectivity index is 2.04. The van der Waals surface area contributed by atoms with Crippen LogP contribution in [0, 0.1) is 0 Å². The van der Waals surface area contributed by atoms with Gasteiger partial charge >= 0.3 is 0 Å². The Morgan fingerprint density at radius 2 is 2.18 bits per heavy atom. The molecule has 2 aromatic rings. The van der Waals surface area contributed by atoms with Gasteiger partial charge in [-0.05, 0) is 36.8 Å². The van der Waals surface area contributed by atoms with Crippen molar-refractivity contribution in [1.82, 2.24) is 4.98 Å². The van der Waals surface area contributed by atoms with Crippen molar-refractivity contribution in [2.75, 3.05) is 17.2 Å². The van der Waals surface area contributed by atoms with Crippen molar-refractivity contribution in [1.29, 1.82) is 0 Å². The Morgan fingerprint density at radius 3 is 2.91 bits per heavy atom. The maximum atomic E-state index is 12.7. The quantitative estimate of drug-likeness (QED) is 0.698. The number of nitrogens with two attached hydrogens (primary N) is 1. The number of hydrogen-bond acceptors (Lipinski definition) is 4. The van der Waals surface area contributed by atoms with Gasteiger partial charge < -0.3 is 15.4 Å². The molecule has 0 fully saturated rings. The van der Waals surface area contributed by atoms with Gasteiger partial charge in [0.2, 0.25) is 0 Å². The van der Waals surface area contributed by atoms with Crippen LogP contribution in [0.15, 0.2) is 48.4 Å². The number of carbonyl (C=O) groups excluding carboxylic acids is 1. The van der Waals surface area contributed by atoms with Gasteiger partial charge in [0.1, 0.15) is 0 Å². The molecular weight excluding hydrogens is 278 g/mol. The molecule has 0 radical (unpaired) electrons. The van der Waals surface area contributed by atoms with Crippen LogP contribution in [-0.4, -0.2) is 17.4 Å². The van der Waals surface area contributed by atoms with E-state index in [-0.39, 0.29) is 11.7 Å². The van der Waals surface area contributed by atoms with Gasteiger partial charge in [0.25, 0.3) is 5.91 Å². The number of ether oxygens (including phenoxy) is 1. The first-order valence-corrected chi connectivity index (χ1v) is 7.21. The average molecular weight is 295 g/mol. The molecule has 2 N–H and O–H groups in total. The summed E-state index contributed by atoms with van der Waals surface area (Å²) < 4.78 is 5.75. The number of nitrogen functional groups attached to an aromatic ring is 1. The molecule has 1 aromatic carbocycles. The highest BCUT2D eigenvalue weighted by molar-refractivity contribution is 6.10. The molecule has 0 atom stereocenters. The summed E-state index contributed by atoms with van der Waals surface area (Å²) in [6.45, 7) is 2.63. The third kappa shape index (κ3) is 2.65. The number of pyridine rings is 1. The monoisotopic (exact) mass is 295 g/mol. The lowest BCUT2D eigenvalue weighted by molar-refractivity contribution is -0.117. The first-order chi connectivity index (χ1) is 10.7. The molecule has 0 saturated heterocycles. The van der Waals surface area contributed by atoms with Crippen LogP contribution < -0.4 is 15.4 Å². The highest BCUT2D eigenvalue weighted by Gasteiger charge is 2.29. The molecule has 0 aliphatic carbocycles. The number of benzene rings is 1. The van der Waals surface area contributed by atoms with E-state index in [1.807, 2.05) is 25.1 Å². The summed E-state index contributed by atoms with van der Waals surface area (Å²) in [6.07, 6.45) is 4.18. The van der Waals surface area contributed by atoms with Gasteiger partial charge in [-0.25, -0.2) is 0 Å². The number of aromatic nitrogens is 1. The summed E-state index contributed by atoms with van der Waals surface area (Å²) >= 11 is 0. The topological polar surface area (TPSA) is 68.5 Å². The number of anilines is 2. The number of fused-ring (bicyclic) bond motifs is 1. The predicted octanol–water partition coefficient (Wildman–Crippen LogP) is 2.84. The zero-order chi connectivity index (χ0) is 15.5. The predicted molar refractivity (Wildman–Crippen MR) is 86.3 cm³/mol. The molecule has 3 rings (SSSR count). The van der Waals surface area contributed by atoms with Gasteiger partial charge in [-0.1, -0.05) is 13.0 Å². The molecule has 0 saturated carbocycles. The Kier molecular flexibility index (Phi) is 3.78. The Labute approximate surface area is 129 Å². The van der Waals surface area contributed by atoms with Crippen LogP contribution in [0.3, 0.4) is 0 Å². The normalized spacial score (nSPS) is 15.6. The van der Waals surface area contributed by atoms with Gasteiger partial charge in [-0.2, -0.15) is 0 Å². The van der Waals surface area contributed by atoms with Crippen LogP contribution in [0.1, 0.15) is 19.0 Å². The van der Waals surface area contributed by atoms with Crippen molar-refractivity contribution in [2.45, 2.75) is 13.3 Å². The smallest absolute Gasteiger partial charge is 0.294 e. The number of nitrogens with zero attached hydrogens (tertiary/aromatic N) is 2. The van der Waals surface area contributed by atoms with Crippen molar-refractivity contribution in [3.8, 4) is 5.75 Å². The van der Waals surface area contributed by atoms with E-state index >= 15 is 0 Å². The van der Waals surface area contributed by atoms with E-state index in [1.165, 1.54) is 0 Å². The summed E-state index contributed by atoms with van der Waals surface area (Å²) in [5, 5.41) is 0. The van der Waals surface area contributed by atoms with Crippen molar-refractivity contribution < 1.29 is 9.53 Å². The molecule has 5 heteroatoms. The minimum absolute atomic E-state index is 0.175. The van der Waals surface area contributed by atoms with Crippen LogP contribution in [-0.2, 0) is 4.79 Å². The average Bonchev–Trinajstić information content (AvgIpc) is 2.53. The molecule has 0 unspecified atom stereocenters. The van der Waals surface area contributed by atoms with Gasteiger partial charge in [0.15, 0.2) is 11.5 Å². The number of carbonyl (C=O) groups is 1. The Morgan fingerprint density at radius 1 is 1.32 bits per heavy atom. The third-order valence-electron chi connectivity index (χ3n) is 3.36. The lowest BCUT2D eigenvalue weighted by Gasteiger charge is -2.30. The number of amides is 1. The maximum Gasteiger partial charge on any atom is 0.294 e. The lowest BCUT2D eigenvalue weighted by atomic mass is 10.1. The summed E-state index contributed by atoms with van der Waals surface area (Å²) in [7, 11) is 0. The van der Waals surface area contributed by atoms with Crippen molar-refractivity contribution >= 4 is 23.4 Å². The fraction of sp³-hybridized carbons (Fsp3) is 0.176. The van der Waals surface area contributed by atoms with E-state index < -0.39 is 0 Å². The summed E-state index contributed by atoms with van der Waals surface area (Å²) in [6, 6.07) is 10.8. The van der Waals surface area contributed by atoms with Crippen molar-refractivity contribution in [3.63, 3.8) is 0 Å². The third-order valence-corrected chi connectivity index (χ3v) is 3.36. The molecule has 1 amide bonds. The molecule has 1 aliphatic rings. The fourth-order valence-corrected chi connectivity index (χ4v) is 2.37. The van der Waals surface area contributed by atoms with Gasteiger partial charge in [0.05, 0.1) is 11.4 Å². The highest BCUT2D eigenvalue weighted by Crippen LogP contribution is 2.37. The largest absolute Gasteiger partial charge is 0.449 e. The summed E-state index contributed by atoms with van der Waals surface area (Å²) in [4.78, 5) is 18.6. The van der Waals surface area contributed by atoms with E-state index in [9.17, 15) is 4.79 Å². The van der Waals surface area contributed by atoms with Gasteiger partial charge in [-0.15, -0.1) is 0 Å². The van der Waals surface area contributed by atoms with Crippen LogP contribution in [0.4, 0.5) is 11.4 Å². The Hall–Kier alpha value is -2.82. The van der Waals surface area contributed by atoms with E-state index in [4.69, 9.17) is 10.5 Å². The number of hydrogen-bond donors (Lipinski definition) is 1. The molecule has 22 heavy (non-hydrogen) atoms. The standard InChI is InChI=1S/C17H17N3O2/c1-2-9-20-14-10-12(18)6-7-15(14)22-16(17(20)21)11-13-5-3-4-8-19-13/h3-8,10-11H,2,9,18H2,1H3/b16-11+. The first kappa shape index (κ1) is 14.1. The molecule has 2 heterocycles. The van der Waals surface area contributed by atoms with Crippen LogP contribution in [0.25, 0.3) is 6.08 Å². The minimum Gasteiger partial charge on any atom is -0.449 e. The van der Waals surface area contributed by atoms with E-state index in [2.05, 4.69) is 4.98 Å². The SMILES string of the molecule is CCCN1C(=O)/C(=C\c2ccccn2)Oc2ccc(N)cc21. The summed E-state index contributed by atoms with van der Waals surface area (Å²) in [5.41, 5.74) is 7.83. The fourth-order valence-electron chi connectivity index (χ4n) is 2.37. The Bertz CT molecular complexity index is 726. The van der Waals surface area contributed by atoms with Gasteiger partial charge in [-0.3, -0.25) is 9.78 Å².